The van der Waals surface area contributed by atoms with E-state index in [1.165, 1.54) is 4.90 Å². The molecule has 0 aliphatic carbocycles. The first-order valence-corrected chi connectivity index (χ1v) is 16.0. The van der Waals surface area contributed by atoms with Crippen molar-refractivity contribution in [2.24, 2.45) is 23.7 Å². The number of nitrogens with zero attached hydrogens (tertiary/aromatic N) is 4. The summed E-state index contributed by atoms with van der Waals surface area (Å²) in [6.07, 6.45) is 1.42. The van der Waals surface area contributed by atoms with Crippen molar-refractivity contribution in [1.82, 2.24) is 19.9 Å². The lowest BCUT2D eigenvalue weighted by Crippen LogP contribution is -2.52. The first kappa shape index (κ1) is 34.1. The van der Waals surface area contributed by atoms with Gasteiger partial charge in [0.2, 0.25) is 0 Å². The fourth-order valence-electron chi connectivity index (χ4n) is 6.78. The van der Waals surface area contributed by atoms with Gasteiger partial charge >= 0.3 is 12.1 Å². The Balaban J connectivity index is 1.52. The van der Waals surface area contributed by atoms with Crippen molar-refractivity contribution < 1.29 is 33.0 Å². The van der Waals surface area contributed by atoms with E-state index < -0.39 is 53.6 Å². The van der Waals surface area contributed by atoms with Crippen LogP contribution < -0.4 is 5.73 Å². The molecule has 3 heterocycles. The maximum absolute atomic E-state index is 15.7. The van der Waals surface area contributed by atoms with Crippen molar-refractivity contribution in [3.63, 3.8) is 0 Å². The molecule has 2 aliphatic rings. The van der Waals surface area contributed by atoms with Crippen LogP contribution in [0, 0.1) is 23.7 Å². The number of aromatic nitrogens is 3. The van der Waals surface area contributed by atoms with Gasteiger partial charge in [0.1, 0.15) is 17.6 Å². The van der Waals surface area contributed by atoms with Gasteiger partial charge in [0.25, 0.3) is 5.67 Å². The van der Waals surface area contributed by atoms with Crippen molar-refractivity contribution >= 4 is 29.3 Å². The molecule has 2 saturated heterocycles. The van der Waals surface area contributed by atoms with E-state index in [1.807, 2.05) is 38.2 Å². The van der Waals surface area contributed by atoms with E-state index in [9.17, 15) is 19.2 Å². The van der Waals surface area contributed by atoms with E-state index in [0.29, 0.717) is 50.2 Å². The maximum atomic E-state index is 15.7. The van der Waals surface area contributed by atoms with Crippen LogP contribution in [0.4, 0.5) is 14.9 Å². The molecule has 1 aromatic carbocycles. The molecule has 12 heteroatoms. The quantitative estimate of drug-likeness (QED) is 0.193. The molecule has 0 spiro atoms. The van der Waals surface area contributed by atoms with Gasteiger partial charge in [0.05, 0.1) is 12.2 Å². The number of hydrogen-bond acceptors (Lipinski definition) is 9. The molecule has 45 heavy (non-hydrogen) atoms. The number of cyclic esters (lactones) is 1. The fourth-order valence-corrected chi connectivity index (χ4v) is 6.78. The molecule has 11 nitrogen and oxygen atoms in total. The van der Waals surface area contributed by atoms with Crippen LogP contribution in [-0.4, -0.2) is 74.0 Å². The fraction of sp³-hybridized carbons (Fsp3) is 0.636. The van der Waals surface area contributed by atoms with Crippen molar-refractivity contribution in [3.05, 3.63) is 30.5 Å². The van der Waals surface area contributed by atoms with Crippen molar-refractivity contribution in [1.29, 1.82) is 0 Å². The Bertz CT molecular complexity index is 1400. The summed E-state index contributed by atoms with van der Waals surface area (Å²) < 4.78 is 28.8. The molecule has 2 fully saturated rings. The Morgan fingerprint density at radius 2 is 1.71 bits per heavy atom. The van der Waals surface area contributed by atoms with Gasteiger partial charge in [-0.25, -0.2) is 14.0 Å². The molecule has 0 bridgehead atoms. The number of ketones is 2. The van der Waals surface area contributed by atoms with E-state index in [2.05, 4.69) is 10.3 Å². The molecule has 0 radical (unpaired) electrons. The Morgan fingerprint density at radius 3 is 2.40 bits per heavy atom. The summed E-state index contributed by atoms with van der Waals surface area (Å²) in [7, 11) is 0. The number of carbonyl (C=O) groups excluding carboxylic acids is 4. The van der Waals surface area contributed by atoms with Gasteiger partial charge in [-0.1, -0.05) is 52.0 Å². The van der Waals surface area contributed by atoms with Crippen LogP contribution in [0.3, 0.4) is 0 Å². The van der Waals surface area contributed by atoms with Crippen LogP contribution >= 0.6 is 0 Å². The smallest absolute Gasteiger partial charge is 0.410 e. The summed E-state index contributed by atoms with van der Waals surface area (Å²) in [6, 6.07) is 6.65. The molecule has 4 rings (SSSR count). The monoisotopic (exact) mass is 627 g/mol. The van der Waals surface area contributed by atoms with Crippen LogP contribution in [-0.2, 0) is 30.4 Å². The summed E-state index contributed by atoms with van der Waals surface area (Å²) in [5.74, 6) is -4.00. The Morgan fingerprint density at radius 1 is 1.02 bits per heavy atom. The van der Waals surface area contributed by atoms with Gasteiger partial charge in [-0.05, 0) is 57.1 Å². The number of carbonyl (C=O) groups is 4. The lowest BCUT2D eigenvalue weighted by atomic mass is 9.78. The van der Waals surface area contributed by atoms with Gasteiger partial charge in [-0.3, -0.25) is 14.3 Å². The minimum absolute atomic E-state index is 0.0376. The zero-order chi connectivity index (χ0) is 33.1. The predicted octanol–water partition coefficient (Wildman–Crippen LogP) is 5.02. The number of halogens is 1. The molecule has 246 valence electrons. The molecule has 2 aliphatic heterocycles. The minimum atomic E-state index is -2.85. The standard InChI is InChI=1S/C33H46FN5O6/c1-7-26-29-27(22(5)28(40)20(3)15-19(2)16-21(4)30(41)33(6,34)31(42)44-26)39(32(43)45-29)14-9-8-13-38-18-25(36-37-38)23-11-10-12-24(35)17-23/h10-12,17-22,26-27,29H,7-9,13-16,35H2,1-6H3/t19-,20+,21+,22+,26+,27-,29?,33-/m0/s1. The Kier molecular flexibility index (Phi) is 10.7. The highest BCUT2D eigenvalue weighted by molar-refractivity contribution is 6.07. The van der Waals surface area contributed by atoms with E-state index in [0.717, 1.165) is 12.5 Å². The number of esters is 1. The lowest BCUT2D eigenvalue weighted by molar-refractivity contribution is -0.172. The van der Waals surface area contributed by atoms with E-state index in [1.54, 1.807) is 31.5 Å². The number of amides is 1. The average Bonchev–Trinajstić information content (AvgIpc) is 3.60. The van der Waals surface area contributed by atoms with Crippen LogP contribution in [0.1, 0.15) is 73.6 Å². The van der Waals surface area contributed by atoms with Crippen LogP contribution in [0.5, 0.6) is 0 Å². The molecule has 2 N–H and O–H groups in total. The van der Waals surface area contributed by atoms with Crippen LogP contribution in [0.15, 0.2) is 30.5 Å². The summed E-state index contributed by atoms with van der Waals surface area (Å²) in [4.78, 5) is 54.6. The number of nitrogens with two attached hydrogens (primary N) is 1. The van der Waals surface area contributed by atoms with Gasteiger partial charge in [-0.15, -0.1) is 5.10 Å². The molecule has 0 saturated carbocycles. The first-order valence-electron chi connectivity index (χ1n) is 16.0. The highest BCUT2D eigenvalue weighted by Gasteiger charge is 2.53. The first-order chi connectivity index (χ1) is 21.2. The van der Waals surface area contributed by atoms with Crippen LogP contribution in [0.2, 0.25) is 0 Å². The van der Waals surface area contributed by atoms with Crippen molar-refractivity contribution in [2.75, 3.05) is 12.3 Å². The predicted molar refractivity (Wildman–Crippen MR) is 165 cm³/mol. The number of rotatable bonds is 7. The number of benzene rings is 1. The molecule has 1 unspecified atom stereocenters. The zero-order valence-electron chi connectivity index (χ0n) is 27.1. The van der Waals surface area contributed by atoms with Gasteiger partial charge in [0.15, 0.2) is 11.9 Å². The van der Waals surface area contributed by atoms with Crippen molar-refractivity contribution in [2.45, 2.75) is 104 Å². The molecule has 1 amide bonds. The molecule has 1 aromatic heterocycles. The van der Waals surface area contributed by atoms with E-state index in [-0.39, 0.29) is 24.0 Å². The Labute approximate surface area is 264 Å². The number of aryl methyl sites for hydroxylation is 1. The summed E-state index contributed by atoms with van der Waals surface area (Å²) in [5.41, 5.74) is 5.23. The second-order valence-corrected chi connectivity index (χ2v) is 13.0. The number of nitrogen functional groups attached to an aromatic ring is 1. The average molecular weight is 628 g/mol. The lowest BCUT2D eigenvalue weighted by Gasteiger charge is -2.35. The van der Waals surface area contributed by atoms with Gasteiger partial charge in [-0.2, -0.15) is 0 Å². The number of alkyl halides is 1. The largest absolute Gasteiger partial charge is 0.456 e. The summed E-state index contributed by atoms with van der Waals surface area (Å²) in [6.45, 7) is 10.6. The highest BCUT2D eigenvalue weighted by atomic mass is 19.1. The molecule has 8 atom stereocenters. The van der Waals surface area contributed by atoms with Gasteiger partial charge in [0, 0.05) is 42.1 Å². The third-order valence-corrected chi connectivity index (χ3v) is 9.20. The number of Topliss-reactive ketones (excluding diaryl/α,β-unsaturated/α-hetero) is 2. The van der Waals surface area contributed by atoms with Gasteiger partial charge < -0.3 is 20.1 Å². The van der Waals surface area contributed by atoms with Crippen molar-refractivity contribution in [3.8, 4) is 11.3 Å². The van der Waals surface area contributed by atoms with Crippen LogP contribution in [0.25, 0.3) is 11.3 Å². The summed E-state index contributed by atoms with van der Waals surface area (Å²) in [5, 5.41) is 8.44. The molecule has 2 aromatic rings. The molecular weight excluding hydrogens is 581 g/mol. The Hall–Kier alpha value is -3.83. The number of ether oxygens (including phenoxy) is 2. The number of fused-ring (bicyclic) bond motifs is 1. The SMILES string of the molecule is CC[C@H]1OC(=O)[C@@](C)(F)C(=O)[C@H](C)C[C@@H](C)C[C@@H](C)C(=O)[C@H](C)[C@H]2C1OC(=O)N2CCCCn1cc(-c2cccc(N)c2)nn1. The van der Waals surface area contributed by atoms with E-state index in [4.69, 9.17) is 15.2 Å². The summed E-state index contributed by atoms with van der Waals surface area (Å²) >= 11 is 0. The number of unbranched alkanes of at least 4 members (excludes halogenated alkanes) is 1. The third kappa shape index (κ3) is 7.53. The number of anilines is 1. The second kappa shape index (κ2) is 14.1. The number of hydrogen-bond donors (Lipinski definition) is 1. The highest BCUT2D eigenvalue weighted by Crippen LogP contribution is 2.35. The normalized spacial score (nSPS) is 31.7. The molecular formula is C33H46FN5O6. The topological polar surface area (TPSA) is 147 Å². The van der Waals surface area contributed by atoms with E-state index >= 15 is 4.39 Å². The third-order valence-electron chi connectivity index (χ3n) is 9.20. The zero-order valence-corrected chi connectivity index (χ0v) is 27.1. The second-order valence-electron chi connectivity index (χ2n) is 13.0. The minimum Gasteiger partial charge on any atom is -0.456 e. The maximum Gasteiger partial charge on any atom is 0.410 e.